The van der Waals surface area contributed by atoms with Crippen molar-refractivity contribution in [3.8, 4) is 0 Å². The Kier molecular flexibility index (Phi) is 4.34. The van der Waals surface area contributed by atoms with Gasteiger partial charge in [-0.15, -0.1) is 11.3 Å². The Bertz CT molecular complexity index is 1160. The van der Waals surface area contributed by atoms with Crippen LogP contribution in [0, 0.1) is 0 Å². The van der Waals surface area contributed by atoms with Crippen molar-refractivity contribution < 1.29 is 4.79 Å². The second kappa shape index (κ2) is 7.13. The molecule has 0 saturated carbocycles. The molecule has 1 aliphatic heterocycles. The molecule has 0 spiro atoms. The van der Waals surface area contributed by atoms with E-state index in [0.29, 0.717) is 5.56 Å². The van der Waals surface area contributed by atoms with E-state index in [4.69, 9.17) is 0 Å². The minimum absolute atomic E-state index is 0.0718. The zero-order valence-corrected chi connectivity index (χ0v) is 16.2. The molecule has 0 atom stereocenters. The van der Waals surface area contributed by atoms with Gasteiger partial charge in [0.1, 0.15) is 0 Å². The molecule has 0 saturated heterocycles. The summed E-state index contributed by atoms with van der Waals surface area (Å²) in [4.78, 5) is 16.9. The number of carbonyl (C=O) groups excluding carboxylic acids is 1. The number of fused-ring (bicyclic) bond motifs is 2. The van der Waals surface area contributed by atoms with Crippen molar-refractivity contribution in [2.45, 2.75) is 13.0 Å². The number of para-hydroxylation sites is 2. The first-order chi connectivity index (χ1) is 13.8. The fourth-order valence-corrected chi connectivity index (χ4v) is 4.81. The third-order valence-electron chi connectivity index (χ3n) is 5.33. The lowest BCUT2D eigenvalue weighted by molar-refractivity contribution is 0.102. The summed E-state index contributed by atoms with van der Waals surface area (Å²) in [7, 11) is 0. The maximum absolute atomic E-state index is 13.1. The minimum Gasteiger partial charge on any atom is -0.365 e. The summed E-state index contributed by atoms with van der Waals surface area (Å²) in [6.07, 6.45) is 1.05. The first kappa shape index (κ1) is 17.0. The zero-order chi connectivity index (χ0) is 18.9. The molecule has 4 heteroatoms. The fourth-order valence-electron chi connectivity index (χ4n) is 3.92. The van der Waals surface area contributed by atoms with Crippen molar-refractivity contribution in [3.05, 3.63) is 94.2 Å². The Balaban J connectivity index is 1.45. The maximum atomic E-state index is 13.1. The van der Waals surface area contributed by atoms with Gasteiger partial charge in [0.05, 0.1) is 11.4 Å². The second-order valence-electron chi connectivity index (χ2n) is 7.04. The van der Waals surface area contributed by atoms with Crippen molar-refractivity contribution >= 4 is 39.4 Å². The van der Waals surface area contributed by atoms with Gasteiger partial charge in [0.25, 0.3) is 5.91 Å². The molecule has 5 rings (SSSR count). The van der Waals surface area contributed by atoms with Crippen LogP contribution < -0.4 is 10.2 Å². The van der Waals surface area contributed by atoms with E-state index in [9.17, 15) is 4.79 Å². The Morgan fingerprint density at radius 2 is 1.75 bits per heavy atom. The summed E-state index contributed by atoms with van der Waals surface area (Å²) in [6.45, 7) is 1.86. The SMILES string of the molecule is O=C(Nc1ccccc1N1CCc2sccc2C1)c1cccc2ccccc12. The predicted octanol–water partition coefficient (Wildman–Crippen LogP) is 5.72. The van der Waals surface area contributed by atoms with Gasteiger partial charge in [-0.05, 0) is 52.4 Å². The number of hydrogen-bond acceptors (Lipinski definition) is 3. The van der Waals surface area contributed by atoms with E-state index in [-0.39, 0.29) is 5.91 Å². The normalized spacial score (nSPS) is 13.4. The highest BCUT2D eigenvalue weighted by Gasteiger charge is 2.20. The van der Waals surface area contributed by atoms with E-state index in [1.165, 1.54) is 10.4 Å². The molecule has 3 nitrogen and oxygen atoms in total. The van der Waals surface area contributed by atoms with Crippen molar-refractivity contribution in [2.75, 3.05) is 16.8 Å². The van der Waals surface area contributed by atoms with Gasteiger partial charge in [0.15, 0.2) is 0 Å². The van der Waals surface area contributed by atoms with Gasteiger partial charge in [-0.1, -0.05) is 48.5 Å². The quantitative estimate of drug-likeness (QED) is 0.490. The molecule has 1 N–H and O–H groups in total. The van der Waals surface area contributed by atoms with Crippen molar-refractivity contribution in [3.63, 3.8) is 0 Å². The molecule has 0 fully saturated rings. The molecule has 0 unspecified atom stereocenters. The van der Waals surface area contributed by atoms with E-state index >= 15 is 0 Å². The number of amides is 1. The molecule has 28 heavy (non-hydrogen) atoms. The monoisotopic (exact) mass is 384 g/mol. The van der Waals surface area contributed by atoms with Crippen LogP contribution in [0.4, 0.5) is 11.4 Å². The molecule has 1 aromatic heterocycles. The molecule has 2 heterocycles. The first-order valence-corrected chi connectivity index (χ1v) is 10.4. The highest BCUT2D eigenvalue weighted by Crippen LogP contribution is 2.32. The lowest BCUT2D eigenvalue weighted by Gasteiger charge is -2.30. The van der Waals surface area contributed by atoms with Gasteiger partial charge in [-0.25, -0.2) is 0 Å². The summed E-state index contributed by atoms with van der Waals surface area (Å²) in [6, 6.07) is 24.2. The average Bonchev–Trinajstić information content (AvgIpc) is 3.21. The van der Waals surface area contributed by atoms with Crippen LogP contribution in [0.1, 0.15) is 20.8 Å². The van der Waals surface area contributed by atoms with Crippen LogP contribution in [-0.4, -0.2) is 12.5 Å². The number of nitrogens with zero attached hydrogens (tertiary/aromatic N) is 1. The third-order valence-corrected chi connectivity index (χ3v) is 6.36. The second-order valence-corrected chi connectivity index (χ2v) is 8.04. The summed E-state index contributed by atoms with van der Waals surface area (Å²) in [5, 5.41) is 7.37. The molecular weight excluding hydrogens is 364 g/mol. The predicted molar refractivity (Wildman–Crippen MR) is 117 cm³/mol. The lowest BCUT2D eigenvalue weighted by atomic mass is 10.0. The van der Waals surface area contributed by atoms with Crippen LogP contribution in [0.5, 0.6) is 0 Å². The molecule has 1 aliphatic rings. The molecule has 3 aromatic carbocycles. The van der Waals surface area contributed by atoms with Gasteiger partial charge in [0.2, 0.25) is 0 Å². The van der Waals surface area contributed by atoms with Crippen LogP contribution in [-0.2, 0) is 13.0 Å². The van der Waals surface area contributed by atoms with Gasteiger partial charge in [0, 0.05) is 23.5 Å². The Hall–Kier alpha value is -3.11. The third kappa shape index (κ3) is 3.06. The smallest absolute Gasteiger partial charge is 0.256 e. The van der Waals surface area contributed by atoms with E-state index < -0.39 is 0 Å². The highest BCUT2D eigenvalue weighted by atomic mass is 32.1. The van der Waals surface area contributed by atoms with Gasteiger partial charge in [-0.3, -0.25) is 4.79 Å². The van der Waals surface area contributed by atoms with E-state index in [1.54, 1.807) is 0 Å². The number of benzene rings is 3. The molecular formula is C24H20N2OS. The molecule has 0 bridgehead atoms. The van der Waals surface area contributed by atoms with Crippen LogP contribution in [0.2, 0.25) is 0 Å². The van der Waals surface area contributed by atoms with Crippen molar-refractivity contribution in [2.24, 2.45) is 0 Å². The number of nitrogens with one attached hydrogen (secondary N) is 1. The molecule has 0 aliphatic carbocycles. The summed E-state index contributed by atoms with van der Waals surface area (Å²) < 4.78 is 0. The van der Waals surface area contributed by atoms with E-state index in [0.717, 1.165) is 41.7 Å². The Morgan fingerprint density at radius 1 is 0.929 bits per heavy atom. The van der Waals surface area contributed by atoms with Crippen molar-refractivity contribution in [1.29, 1.82) is 0 Å². The van der Waals surface area contributed by atoms with Crippen molar-refractivity contribution in [1.82, 2.24) is 0 Å². The standard InChI is InChI=1S/C24H20N2OS/c27-24(20-9-5-7-17-6-1-2-8-19(17)20)25-21-10-3-4-11-22(21)26-14-12-23-18(16-26)13-15-28-23/h1-11,13,15H,12,14,16H2,(H,25,27). The number of thiophene rings is 1. The molecule has 138 valence electrons. The summed E-state index contributed by atoms with van der Waals surface area (Å²) in [5.74, 6) is -0.0718. The lowest BCUT2D eigenvalue weighted by Crippen LogP contribution is -2.30. The van der Waals surface area contributed by atoms with Gasteiger partial charge < -0.3 is 10.2 Å². The first-order valence-electron chi connectivity index (χ1n) is 9.48. The number of hydrogen-bond donors (Lipinski definition) is 1. The van der Waals surface area contributed by atoms with Crippen LogP contribution in [0.3, 0.4) is 0 Å². The van der Waals surface area contributed by atoms with E-state index in [2.05, 4.69) is 27.7 Å². The van der Waals surface area contributed by atoms with Crippen LogP contribution in [0.25, 0.3) is 10.8 Å². The van der Waals surface area contributed by atoms with Crippen LogP contribution in [0.15, 0.2) is 78.2 Å². The average molecular weight is 385 g/mol. The Morgan fingerprint density at radius 3 is 2.71 bits per heavy atom. The van der Waals surface area contributed by atoms with E-state index in [1.807, 2.05) is 72.0 Å². The molecule has 1 amide bonds. The number of rotatable bonds is 3. The zero-order valence-electron chi connectivity index (χ0n) is 15.4. The number of carbonyl (C=O) groups is 1. The summed E-state index contributed by atoms with van der Waals surface area (Å²) in [5.41, 5.74) is 4.03. The molecule has 4 aromatic rings. The number of anilines is 2. The minimum atomic E-state index is -0.0718. The largest absolute Gasteiger partial charge is 0.365 e. The highest BCUT2D eigenvalue weighted by molar-refractivity contribution is 7.10. The summed E-state index contributed by atoms with van der Waals surface area (Å²) >= 11 is 1.84. The van der Waals surface area contributed by atoms with Gasteiger partial charge in [-0.2, -0.15) is 0 Å². The van der Waals surface area contributed by atoms with Gasteiger partial charge >= 0.3 is 0 Å². The van der Waals surface area contributed by atoms with Crippen LogP contribution >= 0.6 is 11.3 Å². The molecule has 0 radical (unpaired) electrons. The fraction of sp³-hybridized carbons (Fsp3) is 0.125. The maximum Gasteiger partial charge on any atom is 0.256 e. The Labute approximate surface area is 168 Å². The topological polar surface area (TPSA) is 32.3 Å².